The van der Waals surface area contributed by atoms with Gasteiger partial charge >= 0.3 is 0 Å². The van der Waals surface area contributed by atoms with Crippen molar-refractivity contribution in [1.82, 2.24) is 4.90 Å². The zero-order valence-corrected chi connectivity index (χ0v) is 12.9. The Hall–Kier alpha value is -1.28. The van der Waals surface area contributed by atoms with Crippen LogP contribution in [0.4, 0.5) is 0 Å². The summed E-state index contributed by atoms with van der Waals surface area (Å²) in [4.78, 5) is 2.43. The fourth-order valence-corrected chi connectivity index (χ4v) is 1.93. The molecule has 1 unspecified atom stereocenters. The van der Waals surface area contributed by atoms with Crippen LogP contribution in [-0.2, 0) is 0 Å². The van der Waals surface area contributed by atoms with E-state index in [1.807, 2.05) is 25.2 Å². The molecule has 0 aromatic rings. The zero-order valence-electron chi connectivity index (χ0n) is 12.9. The lowest BCUT2D eigenvalue weighted by Crippen LogP contribution is -2.24. The van der Waals surface area contributed by atoms with Crippen LogP contribution in [0.2, 0.25) is 0 Å². The monoisotopic (exact) mass is 262 g/mol. The molecule has 0 rings (SSSR count). The average Bonchev–Trinajstić information content (AvgIpc) is 2.43. The first-order valence-corrected chi connectivity index (χ1v) is 7.21. The number of hydrogen-bond donors (Lipinski definition) is 1. The van der Waals surface area contributed by atoms with Crippen molar-refractivity contribution in [3.63, 3.8) is 0 Å². The maximum absolute atomic E-state index is 5.76. The lowest BCUT2D eigenvalue weighted by atomic mass is 9.95. The first kappa shape index (κ1) is 17.7. The molecule has 0 aliphatic carbocycles. The molecule has 0 saturated carbocycles. The normalized spacial score (nSPS) is 14.0. The van der Waals surface area contributed by atoms with E-state index in [-0.39, 0.29) is 5.92 Å². The Balaban J connectivity index is 4.22. The lowest BCUT2D eigenvalue weighted by molar-refractivity contribution is 0.299. The molecule has 0 fully saturated rings. The van der Waals surface area contributed by atoms with Crippen LogP contribution in [0.15, 0.2) is 48.7 Å². The standard InChI is InChI=1S/C17H30N2/c1-6-16(12-13-17(18)7-2)15(5)11-10-14-19(8-3)9-4/h6-7,12-13,16H,1,5,8-11,14,18H2,2-4H3/b13-12-,17-7+. The summed E-state index contributed by atoms with van der Waals surface area (Å²) < 4.78 is 0. The summed E-state index contributed by atoms with van der Waals surface area (Å²) in [6.07, 6.45) is 10.0. The Kier molecular flexibility index (Phi) is 9.91. The molecule has 0 aromatic heterocycles. The molecular formula is C17H30N2. The van der Waals surface area contributed by atoms with Gasteiger partial charge in [-0.05, 0) is 45.5 Å². The first-order chi connectivity index (χ1) is 9.08. The van der Waals surface area contributed by atoms with Crippen molar-refractivity contribution < 1.29 is 0 Å². The molecule has 19 heavy (non-hydrogen) atoms. The summed E-state index contributed by atoms with van der Waals surface area (Å²) in [6, 6.07) is 0. The predicted molar refractivity (Wildman–Crippen MR) is 86.9 cm³/mol. The summed E-state index contributed by atoms with van der Waals surface area (Å²) in [5.74, 6) is 0.218. The quantitative estimate of drug-likeness (QED) is 0.478. The van der Waals surface area contributed by atoms with Crippen LogP contribution in [0, 0.1) is 5.92 Å². The third kappa shape index (κ3) is 7.68. The highest BCUT2D eigenvalue weighted by molar-refractivity contribution is 5.22. The summed E-state index contributed by atoms with van der Waals surface area (Å²) in [6.45, 7) is 17.8. The topological polar surface area (TPSA) is 29.3 Å². The minimum Gasteiger partial charge on any atom is -0.399 e. The molecule has 2 heteroatoms. The number of hydrogen-bond acceptors (Lipinski definition) is 2. The molecule has 0 aromatic carbocycles. The van der Waals surface area contributed by atoms with E-state index in [0.29, 0.717) is 0 Å². The van der Waals surface area contributed by atoms with Gasteiger partial charge in [-0.15, -0.1) is 6.58 Å². The van der Waals surface area contributed by atoms with Crippen molar-refractivity contribution in [3.8, 4) is 0 Å². The molecule has 0 bridgehead atoms. The van der Waals surface area contributed by atoms with Gasteiger partial charge in [0.05, 0.1) is 0 Å². The maximum atomic E-state index is 5.76. The summed E-state index contributed by atoms with van der Waals surface area (Å²) >= 11 is 0. The number of rotatable bonds is 10. The third-order valence-corrected chi connectivity index (χ3v) is 3.42. The second-order valence-corrected chi connectivity index (χ2v) is 4.70. The average molecular weight is 262 g/mol. The van der Waals surface area contributed by atoms with Gasteiger partial charge in [-0.2, -0.15) is 0 Å². The van der Waals surface area contributed by atoms with Gasteiger partial charge in [0.2, 0.25) is 0 Å². The van der Waals surface area contributed by atoms with Crippen molar-refractivity contribution in [2.75, 3.05) is 19.6 Å². The van der Waals surface area contributed by atoms with Crippen LogP contribution in [-0.4, -0.2) is 24.5 Å². The largest absolute Gasteiger partial charge is 0.399 e. The Labute approximate surface area is 119 Å². The minimum absolute atomic E-state index is 0.218. The van der Waals surface area contributed by atoms with Gasteiger partial charge in [0.25, 0.3) is 0 Å². The van der Waals surface area contributed by atoms with Crippen molar-refractivity contribution in [1.29, 1.82) is 0 Å². The van der Waals surface area contributed by atoms with Crippen LogP contribution in [0.3, 0.4) is 0 Å². The van der Waals surface area contributed by atoms with Gasteiger partial charge in [-0.25, -0.2) is 0 Å². The molecule has 0 heterocycles. The SMILES string of the molecule is C=CC(/C=C\C(N)=C/C)C(=C)CCCN(CC)CC. The summed E-state index contributed by atoms with van der Waals surface area (Å²) in [5, 5.41) is 0. The Morgan fingerprint density at radius 3 is 2.42 bits per heavy atom. The number of allylic oxidation sites excluding steroid dienone is 5. The molecule has 0 saturated heterocycles. The lowest BCUT2D eigenvalue weighted by Gasteiger charge is -2.19. The van der Waals surface area contributed by atoms with Crippen molar-refractivity contribution in [2.45, 2.75) is 33.6 Å². The molecular weight excluding hydrogens is 232 g/mol. The predicted octanol–water partition coefficient (Wildman–Crippen LogP) is 3.89. The van der Waals surface area contributed by atoms with Crippen molar-refractivity contribution >= 4 is 0 Å². The van der Waals surface area contributed by atoms with Gasteiger partial charge in [-0.3, -0.25) is 0 Å². The van der Waals surface area contributed by atoms with E-state index in [9.17, 15) is 0 Å². The molecule has 0 aliphatic rings. The molecule has 108 valence electrons. The van der Waals surface area contributed by atoms with Crippen LogP contribution in [0.25, 0.3) is 0 Å². The van der Waals surface area contributed by atoms with E-state index >= 15 is 0 Å². The fraction of sp³-hybridized carbons (Fsp3) is 0.529. The first-order valence-electron chi connectivity index (χ1n) is 7.21. The van der Waals surface area contributed by atoms with Gasteiger partial charge in [0, 0.05) is 11.6 Å². The van der Waals surface area contributed by atoms with E-state index in [2.05, 4.69) is 38.0 Å². The second-order valence-electron chi connectivity index (χ2n) is 4.70. The Bertz CT molecular complexity index is 322. The highest BCUT2D eigenvalue weighted by Gasteiger charge is 2.06. The number of nitrogens with zero attached hydrogens (tertiary/aromatic N) is 1. The van der Waals surface area contributed by atoms with Crippen LogP contribution >= 0.6 is 0 Å². The van der Waals surface area contributed by atoms with Crippen LogP contribution in [0.1, 0.15) is 33.6 Å². The van der Waals surface area contributed by atoms with Gasteiger partial charge in [0.1, 0.15) is 0 Å². The van der Waals surface area contributed by atoms with E-state index < -0.39 is 0 Å². The molecule has 1 atom stereocenters. The zero-order chi connectivity index (χ0) is 14.7. The second kappa shape index (κ2) is 10.6. The Morgan fingerprint density at radius 2 is 1.95 bits per heavy atom. The van der Waals surface area contributed by atoms with Gasteiger partial charge in [0.15, 0.2) is 0 Å². The molecule has 0 radical (unpaired) electrons. The van der Waals surface area contributed by atoms with E-state index in [4.69, 9.17) is 5.73 Å². The summed E-state index contributed by atoms with van der Waals surface area (Å²) in [7, 11) is 0. The molecule has 0 aliphatic heterocycles. The minimum atomic E-state index is 0.218. The third-order valence-electron chi connectivity index (χ3n) is 3.42. The number of nitrogens with two attached hydrogens (primary N) is 1. The molecule has 2 nitrogen and oxygen atoms in total. The highest BCUT2D eigenvalue weighted by Crippen LogP contribution is 2.18. The van der Waals surface area contributed by atoms with E-state index in [1.54, 1.807) is 0 Å². The van der Waals surface area contributed by atoms with Gasteiger partial charge < -0.3 is 10.6 Å². The summed E-state index contributed by atoms with van der Waals surface area (Å²) in [5.41, 5.74) is 7.75. The molecule has 2 N–H and O–H groups in total. The molecule has 0 amide bonds. The van der Waals surface area contributed by atoms with Crippen molar-refractivity contribution in [2.24, 2.45) is 11.7 Å². The van der Waals surface area contributed by atoms with Crippen LogP contribution < -0.4 is 5.73 Å². The van der Waals surface area contributed by atoms with E-state index in [0.717, 1.165) is 38.2 Å². The molecule has 0 spiro atoms. The smallest absolute Gasteiger partial charge is 0.0267 e. The maximum Gasteiger partial charge on any atom is 0.0267 e. The van der Waals surface area contributed by atoms with Crippen LogP contribution in [0.5, 0.6) is 0 Å². The van der Waals surface area contributed by atoms with Crippen molar-refractivity contribution in [3.05, 3.63) is 48.7 Å². The Morgan fingerprint density at radius 1 is 1.32 bits per heavy atom. The highest BCUT2D eigenvalue weighted by atomic mass is 15.1. The van der Waals surface area contributed by atoms with Gasteiger partial charge in [-0.1, -0.05) is 44.2 Å². The van der Waals surface area contributed by atoms with E-state index in [1.165, 1.54) is 5.57 Å². The fourth-order valence-electron chi connectivity index (χ4n) is 1.93.